The molecule has 2 heterocycles. The van der Waals surface area contributed by atoms with E-state index in [1.807, 2.05) is 4.90 Å². The van der Waals surface area contributed by atoms with Crippen LogP contribution < -0.4 is 10.2 Å². The highest BCUT2D eigenvalue weighted by Gasteiger charge is 2.34. The molecule has 1 saturated heterocycles. The molecule has 102 valence electrons. The highest BCUT2D eigenvalue weighted by atomic mass is 16.2. The van der Waals surface area contributed by atoms with Crippen LogP contribution in [0.3, 0.4) is 0 Å². The van der Waals surface area contributed by atoms with Gasteiger partial charge in [-0.05, 0) is 6.07 Å². The van der Waals surface area contributed by atoms with Gasteiger partial charge < -0.3 is 15.1 Å². The lowest BCUT2D eigenvalue weighted by Crippen LogP contribution is -2.60. The monoisotopic (exact) mass is 263 g/mol. The summed E-state index contributed by atoms with van der Waals surface area (Å²) in [6.45, 7) is 3.00. The predicted molar refractivity (Wildman–Crippen MR) is 69.5 cm³/mol. The van der Waals surface area contributed by atoms with Crippen LogP contribution in [0.5, 0.6) is 0 Å². The number of piperazine rings is 1. The lowest BCUT2D eigenvalue weighted by Gasteiger charge is -2.39. The van der Waals surface area contributed by atoms with Crippen LogP contribution >= 0.6 is 0 Å². The average Bonchev–Trinajstić information content (AvgIpc) is 2.46. The van der Waals surface area contributed by atoms with Crippen molar-refractivity contribution in [3.63, 3.8) is 0 Å². The molecule has 1 N–H and O–H groups in total. The first-order valence-electron chi connectivity index (χ1n) is 6.14. The largest absolute Gasteiger partial charge is 0.357 e. The molecule has 1 aliphatic heterocycles. The second-order valence-corrected chi connectivity index (χ2v) is 4.34. The maximum atomic E-state index is 11.9. The van der Waals surface area contributed by atoms with Crippen molar-refractivity contribution in [2.45, 2.75) is 13.0 Å². The summed E-state index contributed by atoms with van der Waals surface area (Å²) in [5, 5.41) is 2.59. The number of rotatable bonds is 2. The normalized spacial score (nSPS) is 19.2. The Morgan fingerprint density at radius 2 is 2.00 bits per heavy atom. The van der Waals surface area contributed by atoms with E-state index >= 15 is 0 Å². The number of hydrogen-bond donors (Lipinski definition) is 1. The van der Waals surface area contributed by atoms with E-state index in [-0.39, 0.29) is 11.8 Å². The van der Waals surface area contributed by atoms with Crippen molar-refractivity contribution in [2.24, 2.45) is 0 Å². The summed E-state index contributed by atoms with van der Waals surface area (Å²) in [4.78, 5) is 35.3. The Morgan fingerprint density at radius 3 is 2.58 bits per heavy atom. The third kappa shape index (κ3) is 2.81. The Morgan fingerprint density at radius 1 is 1.32 bits per heavy atom. The minimum absolute atomic E-state index is 0.0952. The van der Waals surface area contributed by atoms with Gasteiger partial charge in [0.1, 0.15) is 6.04 Å². The van der Waals surface area contributed by atoms with Gasteiger partial charge in [0.2, 0.25) is 17.8 Å². The molecule has 0 aliphatic carbocycles. The SMILES string of the molecule is CNC(=O)[C@@H]1CN(c2ncccn2)CCN1C(C)=O. The van der Waals surface area contributed by atoms with Crippen molar-refractivity contribution in [1.82, 2.24) is 20.2 Å². The van der Waals surface area contributed by atoms with Crippen LogP contribution in [0.2, 0.25) is 0 Å². The van der Waals surface area contributed by atoms with E-state index in [9.17, 15) is 9.59 Å². The van der Waals surface area contributed by atoms with Crippen LogP contribution in [-0.4, -0.2) is 59.4 Å². The maximum Gasteiger partial charge on any atom is 0.244 e. The van der Waals surface area contributed by atoms with Gasteiger partial charge in [0.15, 0.2) is 0 Å². The van der Waals surface area contributed by atoms with Crippen molar-refractivity contribution in [1.29, 1.82) is 0 Å². The molecule has 7 nitrogen and oxygen atoms in total. The van der Waals surface area contributed by atoms with E-state index in [2.05, 4.69) is 15.3 Å². The van der Waals surface area contributed by atoms with Gasteiger partial charge in [0.25, 0.3) is 0 Å². The quantitative estimate of drug-likeness (QED) is 0.760. The van der Waals surface area contributed by atoms with E-state index in [1.54, 1.807) is 30.4 Å². The fourth-order valence-corrected chi connectivity index (χ4v) is 2.19. The fourth-order valence-electron chi connectivity index (χ4n) is 2.19. The number of aromatic nitrogens is 2. The van der Waals surface area contributed by atoms with Crippen molar-refractivity contribution in [3.05, 3.63) is 18.5 Å². The number of nitrogens with one attached hydrogen (secondary N) is 1. The molecule has 0 bridgehead atoms. The van der Waals surface area contributed by atoms with Crippen LogP contribution in [0.1, 0.15) is 6.92 Å². The highest BCUT2D eigenvalue weighted by Crippen LogP contribution is 2.15. The molecule has 1 fully saturated rings. The molecule has 0 saturated carbocycles. The molecule has 19 heavy (non-hydrogen) atoms. The van der Waals surface area contributed by atoms with Crippen molar-refractivity contribution in [3.8, 4) is 0 Å². The summed E-state index contributed by atoms with van der Waals surface area (Å²) in [6.07, 6.45) is 3.32. The Kier molecular flexibility index (Phi) is 3.94. The van der Waals surface area contributed by atoms with Crippen LogP contribution in [-0.2, 0) is 9.59 Å². The molecule has 2 amide bonds. The summed E-state index contributed by atoms with van der Waals surface area (Å²) in [5.74, 6) is 0.317. The van der Waals surface area contributed by atoms with Crippen LogP contribution in [0.15, 0.2) is 18.5 Å². The first-order chi connectivity index (χ1) is 9.13. The average molecular weight is 263 g/mol. The lowest BCUT2D eigenvalue weighted by molar-refractivity contribution is -0.139. The van der Waals surface area contributed by atoms with E-state index in [1.165, 1.54) is 6.92 Å². The van der Waals surface area contributed by atoms with Gasteiger partial charge in [-0.15, -0.1) is 0 Å². The molecule has 0 spiro atoms. The zero-order valence-corrected chi connectivity index (χ0v) is 11.0. The number of carbonyl (C=O) groups excluding carboxylic acids is 2. The topological polar surface area (TPSA) is 78.4 Å². The van der Waals surface area contributed by atoms with Gasteiger partial charge in [-0.3, -0.25) is 9.59 Å². The zero-order chi connectivity index (χ0) is 13.8. The number of nitrogens with zero attached hydrogens (tertiary/aromatic N) is 4. The Bertz CT molecular complexity index is 464. The van der Waals surface area contributed by atoms with Crippen molar-refractivity contribution >= 4 is 17.8 Å². The van der Waals surface area contributed by atoms with E-state index in [0.29, 0.717) is 25.6 Å². The molecule has 7 heteroatoms. The molecule has 1 aromatic heterocycles. The van der Waals surface area contributed by atoms with E-state index in [4.69, 9.17) is 0 Å². The summed E-state index contributed by atoms with van der Waals surface area (Å²) in [6, 6.07) is 1.24. The number of carbonyl (C=O) groups is 2. The third-order valence-corrected chi connectivity index (χ3v) is 3.17. The smallest absolute Gasteiger partial charge is 0.244 e. The molecule has 0 unspecified atom stereocenters. The van der Waals surface area contributed by atoms with Gasteiger partial charge in [0.05, 0.1) is 6.54 Å². The summed E-state index contributed by atoms with van der Waals surface area (Å²) in [7, 11) is 1.57. The summed E-state index contributed by atoms with van der Waals surface area (Å²) >= 11 is 0. The Hall–Kier alpha value is -2.18. The van der Waals surface area contributed by atoms with Crippen LogP contribution in [0.4, 0.5) is 5.95 Å². The number of amides is 2. The van der Waals surface area contributed by atoms with Crippen molar-refractivity contribution in [2.75, 3.05) is 31.6 Å². The zero-order valence-electron chi connectivity index (χ0n) is 11.0. The molecule has 2 rings (SSSR count). The van der Waals surface area contributed by atoms with Gasteiger partial charge >= 0.3 is 0 Å². The molecule has 0 radical (unpaired) electrons. The summed E-state index contributed by atoms with van der Waals surface area (Å²) in [5.41, 5.74) is 0. The molecule has 1 atom stereocenters. The van der Waals surface area contributed by atoms with Crippen molar-refractivity contribution < 1.29 is 9.59 Å². The minimum Gasteiger partial charge on any atom is -0.357 e. The third-order valence-electron chi connectivity index (χ3n) is 3.17. The predicted octanol–water partition coefficient (Wildman–Crippen LogP) is -0.740. The summed E-state index contributed by atoms with van der Waals surface area (Å²) < 4.78 is 0. The molecule has 1 aromatic rings. The number of anilines is 1. The lowest BCUT2D eigenvalue weighted by atomic mass is 10.1. The maximum absolute atomic E-state index is 11.9. The van der Waals surface area contributed by atoms with Gasteiger partial charge in [-0.1, -0.05) is 0 Å². The standard InChI is InChI=1S/C12H17N5O2/c1-9(18)17-7-6-16(8-10(17)11(19)13-2)12-14-4-3-5-15-12/h3-5,10H,6-8H2,1-2H3,(H,13,19)/t10-/m0/s1. The van der Waals surface area contributed by atoms with E-state index < -0.39 is 6.04 Å². The fraction of sp³-hybridized carbons (Fsp3) is 0.500. The van der Waals surface area contributed by atoms with Crippen LogP contribution in [0, 0.1) is 0 Å². The van der Waals surface area contributed by atoms with Gasteiger partial charge in [-0.25, -0.2) is 9.97 Å². The molecule has 1 aliphatic rings. The Labute approximate surface area is 111 Å². The first-order valence-corrected chi connectivity index (χ1v) is 6.14. The number of hydrogen-bond acceptors (Lipinski definition) is 5. The van der Waals surface area contributed by atoms with E-state index in [0.717, 1.165) is 0 Å². The first kappa shape index (κ1) is 13.3. The second kappa shape index (κ2) is 5.64. The molecular formula is C12H17N5O2. The highest BCUT2D eigenvalue weighted by molar-refractivity contribution is 5.87. The van der Waals surface area contributed by atoms with Gasteiger partial charge in [-0.2, -0.15) is 0 Å². The van der Waals surface area contributed by atoms with Gasteiger partial charge in [0, 0.05) is 39.5 Å². The molecule has 0 aromatic carbocycles. The number of likely N-dealkylation sites (N-methyl/N-ethyl adjacent to an activating group) is 1. The minimum atomic E-state index is -0.500. The van der Waals surface area contributed by atoms with Crippen LogP contribution in [0.25, 0.3) is 0 Å². The molecular weight excluding hydrogens is 246 g/mol. The second-order valence-electron chi connectivity index (χ2n) is 4.34. The Balaban J connectivity index is 2.17.